The van der Waals surface area contributed by atoms with Gasteiger partial charge in [0.05, 0.1) is 16.1 Å². The summed E-state index contributed by atoms with van der Waals surface area (Å²) in [7, 11) is 0. The molecule has 0 unspecified atom stereocenters. The van der Waals surface area contributed by atoms with Gasteiger partial charge in [-0.05, 0) is 37.0 Å². The summed E-state index contributed by atoms with van der Waals surface area (Å²) in [6.45, 7) is 4.04. The van der Waals surface area contributed by atoms with Crippen LogP contribution in [0.25, 0.3) is 0 Å². The highest BCUT2D eigenvalue weighted by Crippen LogP contribution is 2.38. The molecular weight excluding hydrogens is 257 g/mol. The Morgan fingerprint density at radius 2 is 2.06 bits per heavy atom. The minimum Gasteiger partial charge on any atom is -0.349 e. The van der Waals surface area contributed by atoms with E-state index in [0.29, 0.717) is 16.0 Å². The van der Waals surface area contributed by atoms with Gasteiger partial charge in [-0.2, -0.15) is 0 Å². The van der Waals surface area contributed by atoms with Gasteiger partial charge in [-0.1, -0.05) is 36.2 Å². The average molecular weight is 272 g/mol. The number of amides is 1. The van der Waals surface area contributed by atoms with Crippen molar-refractivity contribution in [2.45, 2.75) is 26.3 Å². The zero-order valence-electron chi connectivity index (χ0n) is 9.84. The van der Waals surface area contributed by atoms with Crippen LogP contribution in [-0.4, -0.2) is 5.91 Å². The van der Waals surface area contributed by atoms with Crippen molar-refractivity contribution in [2.75, 3.05) is 0 Å². The standard InChI is InChI=1S/C13H15Cl2NO/c1-7-5-10(7)13(17)16-8(2)9-3-4-11(14)12(15)6-9/h3-4,6-8,10H,5H2,1-2H3,(H,16,17)/t7-,8-,10-/m0/s1. The second-order valence-electron chi connectivity index (χ2n) is 4.72. The van der Waals surface area contributed by atoms with Crippen LogP contribution in [0.15, 0.2) is 18.2 Å². The van der Waals surface area contributed by atoms with Crippen molar-refractivity contribution < 1.29 is 4.79 Å². The quantitative estimate of drug-likeness (QED) is 0.890. The predicted octanol–water partition coefficient (Wildman–Crippen LogP) is 3.83. The molecule has 2 rings (SSSR count). The summed E-state index contributed by atoms with van der Waals surface area (Å²) >= 11 is 11.8. The first-order valence-corrected chi connectivity index (χ1v) is 6.50. The number of carbonyl (C=O) groups is 1. The van der Waals surface area contributed by atoms with Crippen molar-refractivity contribution >= 4 is 29.1 Å². The normalized spacial score (nSPS) is 24.2. The molecule has 4 heteroatoms. The van der Waals surface area contributed by atoms with Crippen LogP contribution < -0.4 is 5.32 Å². The molecule has 1 aliphatic carbocycles. The van der Waals surface area contributed by atoms with Crippen LogP contribution in [0.3, 0.4) is 0 Å². The third-order valence-electron chi connectivity index (χ3n) is 3.25. The Hall–Kier alpha value is -0.730. The van der Waals surface area contributed by atoms with Crippen LogP contribution in [0.5, 0.6) is 0 Å². The van der Waals surface area contributed by atoms with Crippen LogP contribution >= 0.6 is 23.2 Å². The number of rotatable bonds is 3. The van der Waals surface area contributed by atoms with Crippen molar-refractivity contribution in [3.63, 3.8) is 0 Å². The van der Waals surface area contributed by atoms with E-state index in [1.165, 1.54) is 0 Å². The third-order valence-corrected chi connectivity index (χ3v) is 3.99. The predicted molar refractivity (Wildman–Crippen MR) is 70.3 cm³/mol. The molecule has 2 nitrogen and oxygen atoms in total. The first kappa shape index (κ1) is 12.7. The van der Waals surface area contributed by atoms with E-state index in [2.05, 4.69) is 12.2 Å². The van der Waals surface area contributed by atoms with Crippen molar-refractivity contribution in [2.24, 2.45) is 11.8 Å². The monoisotopic (exact) mass is 271 g/mol. The second kappa shape index (κ2) is 4.87. The van der Waals surface area contributed by atoms with Gasteiger partial charge in [-0.15, -0.1) is 0 Å². The maximum absolute atomic E-state index is 11.8. The van der Waals surface area contributed by atoms with E-state index in [4.69, 9.17) is 23.2 Å². The lowest BCUT2D eigenvalue weighted by molar-refractivity contribution is -0.123. The van der Waals surface area contributed by atoms with E-state index >= 15 is 0 Å². The lowest BCUT2D eigenvalue weighted by atomic mass is 10.1. The van der Waals surface area contributed by atoms with Gasteiger partial charge >= 0.3 is 0 Å². The molecular formula is C13H15Cl2NO. The van der Waals surface area contributed by atoms with E-state index in [1.807, 2.05) is 13.0 Å². The molecule has 0 heterocycles. The van der Waals surface area contributed by atoms with Gasteiger partial charge in [0.1, 0.15) is 0 Å². The van der Waals surface area contributed by atoms with Crippen LogP contribution in [0.2, 0.25) is 10.0 Å². The highest BCUT2D eigenvalue weighted by atomic mass is 35.5. The molecule has 92 valence electrons. The Bertz CT molecular complexity index is 447. The van der Waals surface area contributed by atoms with Crippen LogP contribution in [-0.2, 0) is 4.79 Å². The molecule has 1 aromatic rings. The summed E-state index contributed by atoms with van der Waals surface area (Å²) in [5.74, 6) is 0.854. The topological polar surface area (TPSA) is 29.1 Å². The Morgan fingerprint density at radius 1 is 1.41 bits per heavy atom. The largest absolute Gasteiger partial charge is 0.349 e. The van der Waals surface area contributed by atoms with E-state index < -0.39 is 0 Å². The molecule has 0 aromatic heterocycles. The maximum atomic E-state index is 11.8. The molecule has 1 aliphatic rings. The summed E-state index contributed by atoms with van der Waals surface area (Å²) < 4.78 is 0. The Labute approximate surface area is 111 Å². The summed E-state index contributed by atoms with van der Waals surface area (Å²) in [6, 6.07) is 5.40. The Morgan fingerprint density at radius 3 is 2.59 bits per heavy atom. The zero-order chi connectivity index (χ0) is 12.6. The highest BCUT2D eigenvalue weighted by Gasteiger charge is 2.39. The van der Waals surface area contributed by atoms with Gasteiger partial charge in [0, 0.05) is 5.92 Å². The van der Waals surface area contributed by atoms with Gasteiger partial charge < -0.3 is 5.32 Å². The molecule has 17 heavy (non-hydrogen) atoms. The first-order valence-electron chi connectivity index (χ1n) is 5.74. The fourth-order valence-corrected chi connectivity index (χ4v) is 2.18. The zero-order valence-corrected chi connectivity index (χ0v) is 11.3. The molecule has 0 bridgehead atoms. The van der Waals surface area contributed by atoms with Crippen LogP contribution in [0, 0.1) is 11.8 Å². The van der Waals surface area contributed by atoms with Gasteiger partial charge in [0.15, 0.2) is 0 Å². The molecule has 1 amide bonds. The van der Waals surface area contributed by atoms with Crippen molar-refractivity contribution in [3.05, 3.63) is 33.8 Å². The summed E-state index contributed by atoms with van der Waals surface area (Å²) in [4.78, 5) is 11.8. The smallest absolute Gasteiger partial charge is 0.223 e. The molecule has 3 atom stereocenters. The van der Waals surface area contributed by atoms with Crippen LogP contribution in [0.1, 0.15) is 31.9 Å². The molecule has 1 aromatic carbocycles. The number of halogens is 2. The van der Waals surface area contributed by atoms with E-state index in [0.717, 1.165) is 12.0 Å². The van der Waals surface area contributed by atoms with Gasteiger partial charge in [0.25, 0.3) is 0 Å². The van der Waals surface area contributed by atoms with Crippen molar-refractivity contribution in [3.8, 4) is 0 Å². The van der Waals surface area contributed by atoms with Gasteiger partial charge in [0.2, 0.25) is 5.91 Å². The molecule has 1 saturated carbocycles. The molecule has 0 radical (unpaired) electrons. The number of carbonyl (C=O) groups excluding carboxylic acids is 1. The van der Waals surface area contributed by atoms with E-state index in [9.17, 15) is 4.79 Å². The average Bonchev–Trinajstić information content (AvgIpc) is 2.99. The minimum absolute atomic E-state index is 0.0370. The van der Waals surface area contributed by atoms with Gasteiger partial charge in [-0.3, -0.25) is 4.79 Å². The minimum atomic E-state index is -0.0370. The Kier molecular flexibility index (Phi) is 3.64. The summed E-state index contributed by atoms with van der Waals surface area (Å²) in [6.07, 6.45) is 1.000. The molecule has 0 aliphatic heterocycles. The molecule has 1 N–H and O–H groups in total. The lowest BCUT2D eigenvalue weighted by Crippen LogP contribution is -2.28. The van der Waals surface area contributed by atoms with Gasteiger partial charge in [-0.25, -0.2) is 0 Å². The number of hydrogen-bond acceptors (Lipinski definition) is 1. The number of nitrogens with one attached hydrogen (secondary N) is 1. The maximum Gasteiger partial charge on any atom is 0.223 e. The highest BCUT2D eigenvalue weighted by molar-refractivity contribution is 6.42. The van der Waals surface area contributed by atoms with Crippen LogP contribution in [0.4, 0.5) is 0 Å². The second-order valence-corrected chi connectivity index (χ2v) is 5.54. The van der Waals surface area contributed by atoms with E-state index in [-0.39, 0.29) is 17.9 Å². The van der Waals surface area contributed by atoms with Crippen molar-refractivity contribution in [1.29, 1.82) is 0 Å². The summed E-state index contributed by atoms with van der Waals surface area (Å²) in [5.41, 5.74) is 0.973. The molecule has 1 fully saturated rings. The molecule has 0 saturated heterocycles. The lowest BCUT2D eigenvalue weighted by Gasteiger charge is -2.15. The fraction of sp³-hybridized carbons (Fsp3) is 0.462. The molecule has 0 spiro atoms. The summed E-state index contributed by atoms with van der Waals surface area (Å²) in [5, 5.41) is 4.05. The Balaban J connectivity index is 2.01. The van der Waals surface area contributed by atoms with Crippen molar-refractivity contribution in [1.82, 2.24) is 5.32 Å². The number of benzene rings is 1. The third kappa shape index (κ3) is 2.93. The fourth-order valence-electron chi connectivity index (χ4n) is 1.87. The SMILES string of the molecule is C[C@H](NC(=O)[C@H]1C[C@@H]1C)c1ccc(Cl)c(Cl)c1. The number of hydrogen-bond donors (Lipinski definition) is 1. The van der Waals surface area contributed by atoms with E-state index in [1.54, 1.807) is 12.1 Å². The first-order chi connectivity index (χ1) is 7.99.